The summed E-state index contributed by atoms with van der Waals surface area (Å²) in [6.45, 7) is 3.92. The van der Waals surface area contributed by atoms with E-state index in [-0.39, 0.29) is 10.8 Å². The summed E-state index contributed by atoms with van der Waals surface area (Å²) in [5.41, 5.74) is 1.09. The molecule has 0 spiro atoms. The quantitative estimate of drug-likeness (QED) is 0.733. The van der Waals surface area contributed by atoms with Gasteiger partial charge in [-0.15, -0.1) is 4.40 Å². The van der Waals surface area contributed by atoms with Crippen LogP contribution in [0.25, 0.3) is 0 Å². The average Bonchev–Trinajstić information content (AvgIpc) is 3.00. The van der Waals surface area contributed by atoms with E-state index in [0.717, 1.165) is 45.3 Å². The number of amides is 1. The molecule has 3 heterocycles. The lowest BCUT2D eigenvalue weighted by Gasteiger charge is -2.30. The van der Waals surface area contributed by atoms with Gasteiger partial charge in [0.2, 0.25) is 0 Å². The summed E-state index contributed by atoms with van der Waals surface area (Å²) < 4.78 is 29.5. The number of sulfonamides is 1. The Hall–Kier alpha value is -1.93. The molecule has 2 saturated heterocycles. The van der Waals surface area contributed by atoms with Gasteiger partial charge in [-0.25, -0.2) is 0 Å². The minimum absolute atomic E-state index is 0.103. The van der Waals surface area contributed by atoms with Gasteiger partial charge in [0.25, 0.3) is 15.9 Å². The molecule has 0 aliphatic carbocycles. The van der Waals surface area contributed by atoms with Gasteiger partial charge in [-0.1, -0.05) is 6.42 Å². The third-order valence-electron chi connectivity index (χ3n) is 5.60. The number of benzene rings is 1. The fraction of sp³-hybridized carbons (Fsp3) is 0.579. The summed E-state index contributed by atoms with van der Waals surface area (Å²) in [7, 11) is -1.71. The zero-order chi connectivity index (χ0) is 19.0. The first-order valence-corrected chi connectivity index (χ1v) is 11.1. The maximum absolute atomic E-state index is 13.0. The fourth-order valence-corrected chi connectivity index (χ4v) is 5.33. The third kappa shape index (κ3) is 3.60. The van der Waals surface area contributed by atoms with Gasteiger partial charge < -0.3 is 14.7 Å². The summed E-state index contributed by atoms with van der Waals surface area (Å²) >= 11 is 0. The van der Waals surface area contributed by atoms with Crippen molar-refractivity contribution in [2.45, 2.75) is 37.0 Å². The number of fused-ring (bicyclic) bond motifs is 3. The van der Waals surface area contributed by atoms with Crippen LogP contribution < -0.4 is 4.90 Å². The molecule has 0 saturated carbocycles. The highest BCUT2D eigenvalue weighted by Crippen LogP contribution is 2.35. The van der Waals surface area contributed by atoms with Crippen LogP contribution in [0.4, 0.5) is 5.69 Å². The van der Waals surface area contributed by atoms with E-state index in [1.54, 1.807) is 12.1 Å². The monoisotopic (exact) mass is 390 g/mol. The van der Waals surface area contributed by atoms with E-state index in [0.29, 0.717) is 36.6 Å². The SMILES string of the molecule is CN1CCCN(C(=O)c2ccc3c(c2)S(=O)(=O)N=C2CCCCCN23)CC1. The lowest BCUT2D eigenvalue weighted by molar-refractivity contribution is 0.0762. The Labute approximate surface area is 160 Å². The standard InChI is InChI=1S/C19H26N4O3S/c1-21-9-5-10-22(13-12-21)19(24)15-7-8-16-17(14-15)27(25,26)20-18-6-3-2-4-11-23(16)18/h7-8,14H,2-6,9-13H2,1H3. The summed E-state index contributed by atoms with van der Waals surface area (Å²) in [5.74, 6) is 0.531. The van der Waals surface area contributed by atoms with E-state index < -0.39 is 10.0 Å². The van der Waals surface area contributed by atoms with Crippen LogP contribution in [-0.4, -0.2) is 69.7 Å². The molecule has 1 aromatic rings. The van der Waals surface area contributed by atoms with Gasteiger partial charge in [0.1, 0.15) is 10.7 Å². The van der Waals surface area contributed by atoms with Crippen molar-refractivity contribution in [2.24, 2.45) is 4.40 Å². The molecule has 3 aliphatic heterocycles. The highest BCUT2D eigenvalue weighted by Gasteiger charge is 2.32. The maximum Gasteiger partial charge on any atom is 0.286 e. The lowest BCUT2D eigenvalue weighted by Crippen LogP contribution is -2.36. The summed E-state index contributed by atoms with van der Waals surface area (Å²) in [4.78, 5) is 19.2. The van der Waals surface area contributed by atoms with Crippen molar-refractivity contribution in [2.75, 3.05) is 44.7 Å². The Bertz CT molecular complexity index is 881. The van der Waals surface area contributed by atoms with E-state index in [2.05, 4.69) is 16.3 Å². The van der Waals surface area contributed by atoms with Crippen LogP contribution in [0, 0.1) is 0 Å². The van der Waals surface area contributed by atoms with E-state index >= 15 is 0 Å². The molecule has 2 fully saturated rings. The number of nitrogens with zero attached hydrogens (tertiary/aromatic N) is 4. The van der Waals surface area contributed by atoms with Crippen molar-refractivity contribution in [3.8, 4) is 0 Å². The molecule has 8 heteroatoms. The molecule has 3 aliphatic rings. The molecule has 0 atom stereocenters. The van der Waals surface area contributed by atoms with Crippen molar-refractivity contribution in [1.29, 1.82) is 0 Å². The molecular formula is C19H26N4O3S. The number of carbonyl (C=O) groups excluding carboxylic acids is 1. The smallest absolute Gasteiger partial charge is 0.286 e. The highest BCUT2D eigenvalue weighted by molar-refractivity contribution is 7.90. The molecule has 0 radical (unpaired) electrons. The molecule has 0 aromatic heterocycles. The molecule has 1 amide bonds. The second kappa shape index (κ2) is 7.24. The van der Waals surface area contributed by atoms with Crippen LogP contribution in [0.1, 0.15) is 42.5 Å². The highest BCUT2D eigenvalue weighted by atomic mass is 32.2. The summed E-state index contributed by atoms with van der Waals surface area (Å²) in [5, 5.41) is 0. The number of rotatable bonds is 1. The Balaban J connectivity index is 1.67. The van der Waals surface area contributed by atoms with Gasteiger partial charge in [0, 0.05) is 38.2 Å². The van der Waals surface area contributed by atoms with Crippen molar-refractivity contribution in [1.82, 2.24) is 9.80 Å². The van der Waals surface area contributed by atoms with Gasteiger partial charge in [-0.3, -0.25) is 4.79 Å². The third-order valence-corrected chi connectivity index (χ3v) is 6.94. The van der Waals surface area contributed by atoms with Gasteiger partial charge in [-0.2, -0.15) is 8.42 Å². The number of likely N-dealkylation sites (N-methyl/N-ethyl adjacent to an activating group) is 1. The van der Waals surface area contributed by atoms with E-state index in [1.807, 2.05) is 9.80 Å². The molecule has 7 nitrogen and oxygen atoms in total. The first-order chi connectivity index (χ1) is 13.0. The van der Waals surface area contributed by atoms with Crippen LogP contribution in [0.15, 0.2) is 27.5 Å². The Morgan fingerprint density at radius 2 is 1.85 bits per heavy atom. The Kier molecular flexibility index (Phi) is 4.94. The molecule has 0 bridgehead atoms. The zero-order valence-electron chi connectivity index (χ0n) is 15.7. The minimum Gasteiger partial charge on any atom is -0.337 e. The fourth-order valence-electron chi connectivity index (χ4n) is 4.05. The van der Waals surface area contributed by atoms with Gasteiger partial charge in [-0.05, 0) is 51.1 Å². The van der Waals surface area contributed by atoms with Crippen LogP contribution in [-0.2, 0) is 10.0 Å². The summed E-state index contributed by atoms with van der Waals surface area (Å²) in [6, 6.07) is 5.07. The predicted molar refractivity (Wildman–Crippen MR) is 105 cm³/mol. The molecule has 1 aromatic carbocycles. The number of hydrogen-bond donors (Lipinski definition) is 0. The second-order valence-corrected chi connectivity index (χ2v) is 9.15. The van der Waals surface area contributed by atoms with Gasteiger partial charge >= 0.3 is 0 Å². The van der Waals surface area contributed by atoms with E-state index in [1.165, 1.54) is 6.07 Å². The number of anilines is 1. The van der Waals surface area contributed by atoms with Gasteiger partial charge in [0.15, 0.2) is 0 Å². The van der Waals surface area contributed by atoms with Gasteiger partial charge in [0.05, 0.1) is 5.69 Å². The molecule has 4 rings (SSSR count). The van der Waals surface area contributed by atoms with Crippen LogP contribution in [0.3, 0.4) is 0 Å². The Morgan fingerprint density at radius 3 is 2.70 bits per heavy atom. The zero-order valence-corrected chi connectivity index (χ0v) is 16.5. The van der Waals surface area contributed by atoms with E-state index in [4.69, 9.17) is 0 Å². The van der Waals surface area contributed by atoms with Crippen molar-refractivity contribution < 1.29 is 13.2 Å². The van der Waals surface area contributed by atoms with E-state index in [9.17, 15) is 13.2 Å². The second-order valence-electron chi connectivity index (χ2n) is 7.58. The number of carbonyl (C=O) groups is 1. The predicted octanol–water partition coefficient (Wildman–Crippen LogP) is 1.95. The van der Waals surface area contributed by atoms with Crippen molar-refractivity contribution in [3.05, 3.63) is 23.8 Å². The largest absolute Gasteiger partial charge is 0.337 e. The average molecular weight is 391 g/mol. The van der Waals surface area contributed by atoms with Crippen molar-refractivity contribution in [3.63, 3.8) is 0 Å². The first-order valence-electron chi connectivity index (χ1n) is 9.69. The lowest BCUT2D eigenvalue weighted by atomic mass is 10.1. The molecule has 146 valence electrons. The molecule has 0 unspecified atom stereocenters. The topological polar surface area (TPSA) is 73.3 Å². The number of hydrogen-bond acceptors (Lipinski definition) is 5. The van der Waals surface area contributed by atoms with Crippen molar-refractivity contribution >= 4 is 27.5 Å². The minimum atomic E-state index is -3.76. The van der Waals surface area contributed by atoms with Crippen LogP contribution in [0.5, 0.6) is 0 Å². The molecular weight excluding hydrogens is 364 g/mol. The molecule has 0 N–H and O–H groups in total. The molecule has 27 heavy (non-hydrogen) atoms. The van der Waals surface area contributed by atoms with Crippen LogP contribution in [0.2, 0.25) is 0 Å². The number of amidine groups is 1. The Morgan fingerprint density at radius 1 is 1.00 bits per heavy atom. The summed E-state index contributed by atoms with van der Waals surface area (Å²) in [6.07, 6.45) is 4.65. The van der Waals surface area contributed by atoms with Crippen LogP contribution >= 0.6 is 0 Å². The maximum atomic E-state index is 13.0. The normalized spacial score (nSPS) is 22.9. The first kappa shape index (κ1) is 18.4.